The Morgan fingerprint density at radius 3 is 2.86 bits per heavy atom. The number of thiazole rings is 1. The van der Waals surface area contributed by atoms with Gasteiger partial charge in [-0.05, 0) is 43.8 Å². The van der Waals surface area contributed by atoms with Crippen LogP contribution in [0, 0.1) is 24.2 Å². The number of likely N-dealkylation sites (N-methyl/N-ethyl adjacent to an activating group) is 1. The lowest BCUT2D eigenvalue weighted by molar-refractivity contribution is 0.0919. The highest BCUT2D eigenvalue weighted by Crippen LogP contribution is 2.41. The molecule has 1 N–H and O–H groups in total. The molecule has 2 amide bonds. The third-order valence-corrected chi connectivity index (χ3v) is 7.90. The first-order chi connectivity index (χ1) is 17.0. The molecule has 0 spiro atoms. The molecule has 0 radical (unpaired) electrons. The maximum Gasteiger partial charge on any atom is 0.323 e. The minimum atomic E-state index is -0.109. The number of hydrogen-bond acceptors (Lipinski definition) is 7. The molecular formula is C26H23N7OS. The minimum absolute atomic E-state index is 0.109. The summed E-state index contributed by atoms with van der Waals surface area (Å²) in [5.41, 5.74) is 4.87. The van der Waals surface area contributed by atoms with Gasteiger partial charge in [0.1, 0.15) is 6.33 Å². The Balaban J connectivity index is 1.39. The molecule has 6 rings (SSSR count). The van der Waals surface area contributed by atoms with Crippen molar-refractivity contribution in [1.29, 1.82) is 5.26 Å². The van der Waals surface area contributed by atoms with Crippen LogP contribution >= 0.6 is 11.3 Å². The van der Waals surface area contributed by atoms with E-state index in [1.54, 1.807) is 12.4 Å². The highest BCUT2D eigenvalue weighted by atomic mass is 32.1. The van der Waals surface area contributed by atoms with E-state index in [0.29, 0.717) is 16.6 Å². The molecule has 2 aliphatic heterocycles. The predicted molar refractivity (Wildman–Crippen MR) is 136 cm³/mol. The molecule has 8 nitrogen and oxygen atoms in total. The zero-order valence-corrected chi connectivity index (χ0v) is 20.2. The van der Waals surface area contributed by atoms with Gasteiger partial charge in [0.2, 0.25) is 0 Å². The number of aryl methyl sites for hydroxylation is 1. The monoisotopic (exact) mass is 481 g/mol. The van der Waals surface area contributed by atoms with Gasteiger partial charge >= 0.3 is 6.03 Å². The van der Waals surface area contributed by atoms with Gasteiger partial charge in [-0.1, -0.05) is 29.5 Å². The van der Waals surface area contributed by atoms with Crippen LogP contribution in [0.5, 0.6) is 0 Å². The van der Waals surface area contributed by atoms with E-state index in [1.807, 2.05) is 42.2 Å². The van der Waals surface area contributed by atoms with Gasteiger partial charge in [0.25, 0.3) is 0 Å². The molecule has 2 saturated heterocycles. The van der Waals surface area contributed by atoms with Crippen LogP contribution in [0.25, 0.3) is 32.6 Å². The fourth-order valence-corrected chi connectivity index (χ4v) is 6.05. The number of nitriles is 1. The third kappa shape index (κ3) is 3.81. The van der Waals surface area contributed by atoms with E-state index < -0.39 is 0 Å². The summed E-state index contributed by atoms with van der Waals surface area (Å²) < 4.78 is 0. The summed E-state index contributed by atoms with van der Waals surface area (Å²) in [6.45, 7) is 4.69. The quantitative estimate of drug-likeness (QED) is 0.466. The van der Waals surface area contributed by atoms with E-state index in [-0.39, 0.29) is 12.1 Å². The summed E-state index contributed by atoms with van der Waals surface area (Å²) in [6, 6.07) is 15.8. The Bertz CT molecular complexity index is 1510. The van der Waals surface area contributed by atoms with Gasteiger partial charge in [-0.2, -0.15) is 5.26 Å². The molecule has 0 aliphatic carbocycles. The Hall–Kier alpha value is -3.87. The summed E-state index contributed by atoms with van der Waals surface area (Å²) in [4.78, 5) is 31.7. The Kier molecular flexibility index (Phi) is 5.20. The fraction of sp³-hybridized carbons (Fsp3) is 0.269. The summed E-state index contributed by atoms with van der Waals surface area (Å²) >= 11 is 1.44. The average molecular weight is 482 g/mol. The molecular weight excluding hydrogens is 458 g/mol. The first-order valence-corrected chi connectivity index (χ1v) is 12.3. The summed E-state index contributed by atoms with van der Waals surface area (Å²) in [5.74, 6) is 0.560. The lowest BCUT2D eigenvalue weighted by Crippen LogP contribution is -2.59. The molecule has 2 aromatic heterocycles. The zero-order chi connectivity index (χ0) is 24.1. The maximum absolute atomic E-state index is 13.1. The Morgan fingerprint density at radius 2 is 2.03 bits per heavy atom. The fourth-order valence-electron chi connectivity index (χ4n) is 5.07. The Labute approximate surface area is 206 Å². The van der Waals surface area contributed by atoms with Crippen molar-refractivity contribution in [2.24, 2.45) is 5.92 Å². The normalized spacial score (nSPS) is 19.3. The molecule has 2 fully saturated rings. The van der Waals surface area contributed by atoms with Gasteiger partial charge in [-0.15, -0.1) is 0 Å². The van der Waals surface area contributed by atoms with Gasteiger partial charge < -0.3 is 9.80 Å². The number of nitrogens with one attached hydrogen (secondary N) is 1. The maximum atomic E-state index is 13.1. The first kappa shape index (κ1) is 21.6. The van der Waals surface area contributed by atoms with E-state index in [2.05, 4.69) is 39.4 Å². The van der Waals surface area contributed by atoms with Gasteiger partial charge in [-0.3, -0.25) is 5.32 Å². The number of carbonyl (C=O) groups excluding carboxylic acids is 1. The van der Waals surface area contributed by atoms with Gasteiger partial charge in [0.15, 0.2) is 5.13 Å². The van der Waals surface area contributed by atoms with Crippen molar-refractivity contribution >= 4 is 33.4 Å². The standard InChI is InChI=1S/C26H23N7OS/c1-15-20-9-18(6-7-21(20)29-14-28-15)24-23(17-5-3-4-16(8-17)10-27)30-25(35-24)31-26(34)33-12-19-11-32(2)13-22(19)33/h3-9,14,19,22H,11-13H2,1-2H3,(H,30,31,34). The second kappa shape index (κ2) is 8.41. The van der Waals surface area contributed by atoms with Crippen LogP contribution in [0.3, 0.4) is 0 Å². The summed E-state index contributed by atoms with van der Waals surface area (Å²) in [7, 11) is 2.10. The molecule has 174 valence electrons. The smallest absolute Gasteiger partial charge is 0.319 e. The van der Waals surface area contributed by atoms with Gasteiger partial charge in [0, 0.05) is 42.2 Å². The number of anilines is 1. The highest BCUT2D eigenvalue weighted by molar-refractivity contribution is 7.19. The Morgan fingerprint density at radius 1 is 1.14 bits per heavy atom. The summed E-state index contributed by atoms with van der Waals surface area (Å²) in [5, 5.41) is 14.0. The third-order valence-electron chi connectivity index (χ3n) is 6.88. The second-order valence-electron chi connectivity index (χ2n) is 9.21. The van der Waals surface area contributed by atoms with Crippen LogP contribution in [-0.2, 0) is 0 Å². The van der Waals surface area contributed by atoms with Crippen LogP contribution in [0.2, 0.25) is 0 Å². The van der Waals surface area contributed by atoms with E-state index >= 15 is 0 Å². The molecule has 2 aromatic carbocycles. The van der Waals surface area contributed by atoms with Crippen LogP contribution in [0.4, 0.5) is 9.93 Å². The molecule has 2 atom stereocenters. The van der Waals surface area contributed by atoms with E-state index in [4.69, 9.17) is 4.98 Å². The average Bonchev–Trinajstić information content (AvgIpc) is 3.40. The van der Waals surface area contributed by atoms with Crippen molar-refractivity contribution in [2.75, 3.05) is 32.0 Å². The number of urea groups is 1. The number of rotatable bonds is 3. The number of benzene rings is 2. The van der Waals surface area contributed by atoms with Crippen LogP contribution in [-0.4, -0.2) is 63.5 Å². The number of hydrogen-bond donors (Lipinski definition) is 1. The lowest BCUT2D eigenvalue weighted by atomic mass is 9.93. The van der Waals surface area contributed by atoms with E-state index in [9.17, 15) is 10.1 Å². The number of likely N-dealkylation sites (tertiary alicyclic amines) is 2. The van der Waals surface area contributed by atoms with Crippen molar-refractivity contribution in [2.45, 2.75) is 13.0 Å². The number of fused-ring (bicyclic) bond motifs is 2. The SMILES string of the molecule is Cc1ncnc2ccc(-c3sc(NC(=O)N4CC5CN(C)CC54)nc3-c3cccc(C#N)c3)cc12. The summed E-state index contributed by atoms with van der Waals surface area (Å²) in [6.07, 6.45) is 1.57. The zero-order valence-electron chi connectivity index (χ0n) is 19.4. The van der Waals surface area contributed by atoms with Crippen LogP contribution in [0.1, 0.15) is 11.3 Å². The number of amides is 2. The lowest BCUT2D eigenvalue weighted by Gasteiger charge is -2.43. The van der Waals surface area contributed by atoms with Gasteiger partial charge in [-0.25, -0.2) is 19.7 Å². The first-order valence-electron chi connectivity index (χ1n) is 11.5. The van der Waals surface area contributed by atoms with Gasteiger partial charge in [0.05, 0.1) is 33.8 Å². The second-order valence-corrected chi connectivity index (χ2v) is 10.2. The molecule has 0 saturated carbocycles. The van der Waals surface area contributed by atoms with Crippen molar-refractivity contribution in [3.63, 3.8) is 0 Å². The molecule has 2 aliphatic rings. The van der Waals surface area contributed by atoms with E-state index in [0.717, 1.165) is 57.9 Å². The molecule has 35 heavy (non-hydrogen) atoms. The molecule has 2 unspecified atom stereocenters. The van der Waals surface area contributed by atoms with Crippen LogP contribution < -0.4 is 5.32 Å². The molecule has 0 bridgehead atoms. The van der Waals surface area contributed by atoms with Crippen molar-refractivity contribution in [3.05, 3.63) is 60.0 Å². The predicted octanol–water partition coefficient (Wildman–Crippen LogP) is 4.38. The number of nitrogens with zero attached hydrogens (tertiary/aromatic N) is 6. The topological polar surface area (TPSA) is 98.0 Å². The van der Waals surface area contributed by atoms with Crippen molar-refractivity contribution in [3.8, 4) is 27.8 Å². The molecule has 4 aromatic rings. The minimum Gasteiger partial charge on any atom is -0.319 e. The number of aromatic nitrogens is 3. The molecule has 4 heterocycles. The highest BCUT2D eigenvalue weighted by Gasteiger charge is 2.46. The van der Waals surface area contributed by atoms with E-state index in [1.165, 1.54) is 11.3 Å². The van der Waals surface area contributed by atoms with Crippen molar-refractivity contribution < 1.29 is 4.79 Å². The number of carbonyl (C=O) groups is 1. The molecule has 9 heteroatoms. The largest absolute Gasteiger partial charge is 0.323 e. The van der Waals surface area contributed by atoms with Crippen molar-refractivity contribution in [1.82, 2.24) is 24.8 Å². The van der Waals surface area contributed by atoms with Crippen LogP contribution in [0.15, 0.2) is 48.8 Å².